The molecular weight excluding hydrogens is 514 g/mol. The molecule has 0 aliphatic carbocycles. The van der Waals surface area contributed by atoms with Gasteiger partial charge in [0.2, 0.25) is 5.91 Å². The van der Waals surface area contributed by atoms with Gasteiger partial charge in [-0.2, -0.15) is 0 Å². The lowest BCUT2D eigenvalue weighted by Gasteiger charge is -2.20. The highest BCUT2D eigenvalue weighted by Gasteiger charge is 2.19. The molecule has 6 nitrogen and oxygen atoms in total. The molecule has 0 atom stereocenters. The van der Waals surface area contributed by atoms with E-state index in [2.05, 4.69) is 29.6 Å². The first-order valence-electron chi connectivity index (χ1n) is 13.5. The number of ether oxygens (including phenoxy) is 3. The van der Waals surface area contributed by atoms with Crippen molar-refractivity contribution in [2.45, 2.75) is 19.4 Å². The second-order valence-electron chi connectivity index (χ2n) is 9.66. The number of fused-ring (bicyclic) bond motifs is 1. The highest BCUT2D eigenvalue weighted by Crippen LogP contribution is 2.36. The van der Waals surface area contributed by atoms with Gasteiger partial charge in [-0.25, -0.2) is 0 Å². The SMILES string of the molecule is COc1ccc(CCNC(=O)C=C(C)c2cc3cccc(OC(c4ccccc4)c4ccccc4)c3o2)cc1OC. The zero-order chi connectivity index (χ0) is 28.6. The van der Waals surface area contributed by atoms with Gasteiger partial charge in [0.1, 0.15) is 11.9 Å². The van der Waals surface area contributed by atoms with E-state index < -0.39 is 0 Å². The van der Waals surface area contributed by atoms with Gasteiger partial charge in [0.25, 0.3) is 0 Å². The van der Waals surface area contributed by atoms with Crippen molar-refractivity contribution in [3.05, 3.63) is 132 Å². The molecule has 0 aliphatic rings. The number of benzene rings is 4. The van der Waals surface area contributed by atoms with Gasteiger partial charge in [0.05, 0.1) is 14.2 Å². The van der Waals surface area contributed by atoms with Crippen LogP contribution < -0.4 is 19.5 Å². The molecule has 4 aromatic carbocycles. The van der Waals surface area contributed by atoms with Crippen LogP contribution in [0.2, 0.25) is 0 Å². The number of furan rings is 1. The van der Waals surface area contributed by atoms with Crippen molar-refractivity contribution in [2.24, 2.45) is 0 Å². The molecule has 0 saturated carbocycles. The second-order valence-corrected chi connectivity index (χ2v) is 9.66. The van der Waals surface area contributed by atoms with Gasteiger partial charge in [0.15, 0.2) is 22.8 Å². The van der Waals surface area contributed by atoms with Crippen molar-refractivity contribution >= 4 is 22.4 Å². The third-order valence-electron chi connectivity index (χ3n) is 6.85. The van der Waals surface area contributed by atoms with Crippen LogP contribution in [-0.4, -0.2) is 26.7 Å². The van der Waals surface area contributed by atoms with E-state index in [-0.39, 0.29) is 12.0 Å². The predicted molar refractivity (Wildman–Crippen MR) is 161 cm³/mol. The topological polar surface area (TPSA) is 69.9 Å². The van der Waals surface area contributed by atoms with Gasteiger partial charge in [-0.05, 0) is 59.9 Å². The highest BCUT2D eigenvalue weighted by atomic mass is 16.5. The predicted octanol–water partition coefficient (Wildman–Crippen LogP) is 7.38. The normalized spacial score (nSPS) is 11.5. The fourth-order valence-electron chi connectivity index (χ4n) is 4.72. The third kappa shape index (κ3) is 6.61. The van der Waals surface area contributed by atoms with Crippen LogP contribution in [0.25, 0.3) is 16.5 Å². The first kappa shape index (κ1) is 27.6. The summed E-state index contributed by atoms with van der Waals surface area (Å²) in [6, 6.07) is 33.8. The average molecular weight is 548 g/mol. The van der Waals surface area contributed by atoms with Crippen molar-refractivity contribution in [3.63, 3.8) is 0 Å². The average Bonchev–Trinajstić information content (AvgIpc) is 3.46. The van der Waals surface area contributed by atoms with Crippen LogP contribution in [0.5, 0.6) is 17.2 Å². The lowest BCUT2D eigenvalue weighted by atomic mass is 10.0. The number of rotatable bonds is 11. The fourth-order valence-corrected chi connectivity index (χ4v) is 4.72. The Bertz CT molecular complexity index is 1600. The first-order chi connectivity index (χ1) is 20.1. The smallest absolute Gasteiger partial charge is 0.244 e. The number of allylic oxidation sites excluding steroid dienone is 1. The summed E-state index contributed by atoms with van der Waals surface area (Å²) in [6.45, 7) is 2.35. The Kier molecular flexibility index (Phi) is 8.70. The van der Waals surface area contributed by atoms with E-state index in [0.29, 0.717) is 41.6 Å². The third-order valence-corrected chi connectivity index (χ3v) is 6.85. The van der Waals surface area contributed by atoms with E-state index in [1.54, 1.807) is 20.3 Å². The summed E-state index contributed by atoms with van der Waals surface area (Å²) in [7, 11) is 3.21. The van der Waals surface area contributed by atoms with E-state index >= 15 is 0 Å². The van der Waals surface area contributed by atoms with Crippen LogP contribution in [0.4, 0.5) is 0 Å². The molecule has 0 unspecified atom stereocenters. The fraction of sp³-hybridized carbons (Fsp3) is 0.171. The number of hydrogen-bond donors (Lipinski definition) is 1. The van der Waals surface area contributed by atoms with Crippen molar-refractivity contribution in [1.82, 2.24) is 5.32 Å². The zero-order valence-corrected chi connectivity index (χ0v) is 23.4. The van der Waals surface area contributed by atoms with Crippen molar-refractivity contribution in [1.29, 1.82) is 0 Å². The summed E-state index contributed by atoms with van der Waals surface area (Å²) < 4.78 is 23.5. The van der Waals surface area contributed by atoms with Crippen LogP contribution in [0, 0.1) is 0 Å². The van der Waals surface area contributed by atoms with Crippen molar-refractivity contribution in [2.75, 3.05) is 20.8 Å². The zero-order valence-electron chi connectivity index (χ0n) is 23.4. The summed E-state index contributed by atoms with van der Waals surface area (Å²) in [6.07, 6.45) is 1.92. The lowest BCUT2D eigenvalue weighted by Crippen LogP contribution is -2.23. The van der Waals surface area contributed by atoms with Gasteiger partial charge < -0.3 is 23.9 Å². The molecular formula is C35H33NO5. The lowest BCUT2D eigenvalue weighted by molar-refractivity contribution is -0.116. The number of nitrogens with one attached hydrogen (secondary N) is 1. The highest BCUT2D eigenvalue weighted by molar-refractivity contribution is 5.95. The van der Waals surface area contributed by atoms with Crippen LogP contribution in [0.15, 0.2) is 114 Å². The maximum absolute atomic E-state index is 12.7. The molecule has 0 aliphatic heterocycles. The first-order valence-corrected chi connectivity index (χ1v) is 13.5. The van der Waals surface area contributed by atoms with Crippen LogP contribution in [0.1, 0.15) is 35.5 Å². The van der Waals surface area contributed by atoms with Crippen LogP contribution in [0.3, 0.4) is 0 Å². The Morgan fingerprint density at radius 1 is 0.805 bits per heavy atom. The Balaban J connectivity index is 1.30. The van der Waals surface area contributed by atoms with E-state index in [1.807, 2.05) is 85.8 Å². The Labute approximate surface area is 240 Å². The summed E-state index contributed by atoms with van der Waals surface area (Å²) in [5.41, 5.74) is 4.49. The Morgan fingerprint density at radius 2 is 1.49 bits per heavy atom. The van der Waals surface area contributed by atoms with Gasteiger partial charge in [-0.1, -0.05) is 78.9 Å². The van der Waals surface area contributed by atoms with Gasteiger partial charge in [0, 0.05) is 18.0 Å². The van der Waals surface area contributed by atoms with Crippen molar-refractivity contribution in [3.8, 4) is 17.2 Å². The maximum Gasteiger partial charge on any atom is 0.244 e. The molecule has 6 heteroatoms. The summed E-state index contributed by atoms with van der Waals surface area (Å²) >= 11 is 0. The van der Waals surface area contributed by atoms with Crippen molar-refractivity contribution < 1.29 is 23.4 Å². The summed E-state index contributed by atoms with van der Waals surface area (Å²) in [5.74, 6) is 2.40. The Morgan fingerprint density at radius 3 is 2.15 bits per heavy atom. The second kappa shape index (κ2) is 12.9. The largest absolute Gasteiger partial charge is 0.493 e. The molecule has 0 bridgehead atoms. The minimum Gasteiger partial charge on any atom is -0.493 e. The van der Waals surface area contributed by atoms with Gasteiger partial charge in [-0.3, -0.25) is 4.79 Å². The minimum absolute atomic E-state index is 0.187. The number of carbonyl (C=O) groups is 1. The standard InChI is InChI=1S/C35H33NO5/c1-24(21-33(37)36-20-19-25-17-18-29(38-2)32(22-25)39-3)31-23-28-15-10-16-30(35(28)41-31)40-34(26-11-6-4-7-12-26)27-13-8-5-9-14-27/h4-18,21-23,34H,19-20H2,1-3H3,(H,36,37). The minimum atomic E-state index is -0.301. The molecule has 0 fully saturated rings. The molecule has 41 heavy (non-hydrogen) atoms. The molecule has 1 heterocycles. The van der Waals surface area contributed by atoms with E-state index in [4.69, 9.17) is 18.6 Å². The molecule has 0 radical (unpaired) electrons. The Hall–Kier alpha value is -4.97. The molecule has 1 aromatic heterocycles. The van der Waals surface area contributed by atoms with E-state index in [1.165, 1.54) is 0 Å². The molecule has 208 valence electrons. The van der Waals surface area contributed by atoms with Crippen LogP contribution in [-0.2, 0) is 11.2 Å². The van der Waals surface area contributed by atoms with E-state index in [9.17, 15) is 4.79 Å². The number of carbonyl (C=O) groups excluding carboxylic acids is 1. The number of amides is 1. The van der Waals surface area contributed by atoms with Gasteiger partial charge in [-0.15, -0.1) is 0 Å². The molecule has 1 amide bonds. The molecule has 0 saturated heterocycles. The van der Waals surface area contributed by atoms with E-state index in [0.717, 1.165) is 27.6 Å². The monoisotopic (exact) mass is 547 g/mol. The maximum atomic E-state index is 12.7. The molecule has 0 spiro atoms. The molecule has 1 N–H and O–H groups in total. The van der Waals surface area contributed by atoms with Gasteiger partial charge >= 0.3 is 0 Å². The quantitative estimate of drug-likeness (QED) is 0.175. The summed E-state index contributed by atoms with van der Waals surface area (Å²) in [5, 5.41) is 3.85. The number of para-hydroxylation sites is 1. The number of hydrogen-bond acceptors (Lipinski definition) is 5. The number of methoxy groups -OCH3 is 2. The molecule has 5 aromatic rings. The summed E-state index contributed by atoms with van der Waals surface area (Å²) in [4.78, 5) is 12.7. The van der Waals surface area contributed by atoms with Crippen LogP contribution >= 0.6 is 0 Å². The molecule has 5 rings (SSSR count).